The summed E-state index contributed by atoms with van der Waals surface area (Å²) in [7, 11) is 0. The predicted molar refractivity (Wildman–Crippen MR) is 242 cm³/mol. The number of pyridine rings is 1. The summed E-state index contributed by atoms with van der Waals surface area (Å²) in [6, 6.07) is 65.9. The zero-order valence-corrected chi connectivity index (χ0v) is 31.9. The van der Waals surface area contributed by atoms with Gasteiger partial charge in [-0.15, -0.1) is 11.3 Å². The lowest BCUT2D eigenvalue weighted by molar-refractivity contribution is 0.670. The third kappa shape index (κ3) is 5.25. The summed E-state index contributed by atoms with van der Waals surface area (Å²) in [5.74, 6) is 0.694. The predicted octanol–water partition coefficient (Wildman–Crippen LogP) is 14.8. The normalized spacial score (nSPS) is 11.8. The number of hydrogen-bond acceptors (Lipinski definition) is 5. The van der Waals surface area contributed by atoms with Crippen LogP contribution in [-0.2, 0) is 0 Å². The van der Waals surface area contributed by atoms with E-state index in [1.807, 2.05) is 35.6 Å². The number of fused-ring (bicyclic) bond motifs is 10. The molecule has 12 rings (SSSR count). The average molecular weight is 758 g/mol. The molecule has 0 unspecified atom stereocenters. The van der Waals surface area contributed by atoms with Crippen molar-refractivity contribution >= 4 is 75.1 Å². The van der Waals surface area contributed by atoms with Gasteiger partial charge in [-0.25, -0.2) is 15.0 Å². The van der Waals surface area contributed by atoms with E-state index >= 15 is 0 Å². The molecule has 12 aromatic rings. The van der Waals surface area contributed by atoms with Crippen LogP contribution in [-0.4, -0.2) is 15.0 Å². The van der Waals surface area contributed by atoms with Gasteiger partial charge in [0.05, 0.1) is 22.6 Å². The first-order chi connectivity index (χ1) is 28.7. The second kappa shape index (κ2) is 13.1. The van der Waals surface area contributed by atoms with Crippen molar-refractivity contribution in [3.05, 3.63) is 188 Å². The van der Waals surface area contributed by atoms with Gasteiger partial charge in [0.2, 0.25) is 0 Å². The standard InChI is InChI=1S/C53H31N3OS/c1-3-13-34(14-4-1)51-42-30-40(52-50(39-19-8-11-21-46(39)57-52)49(42)38-18-7-10-20-43(38)54-51)32-23-25-33(26-24-32)44-31-45(56-53(55-44)35-15-5-2-6-16-35)36-27-28-48-41(29-36)37-17-9-12-22-47(37)58-48/h1-31H. The molecule has 0 bridgehead atoms. The van der Waals surface area contributed by atoms with Crippen LogP contribution in [0.4, 0.5) is 0 Å². The molecule has 8 aromatic carbocycles. The quantitative estimate of drug-likeness (QED) is 0.164. The van der Waals surface area contributed by atoms with E-state index in [0.29, 0.717) is 5.82 Å². The van der Waals surface area contributed by atoms with E-state index < -0.39 is 0 Å². The zero-order chi connectivity index (χ0) is 38.2. The number of aromatic nitrogens is 3. The summed E-state index contributed by atoms with van der Waals surface area (Å²) in [6.07, 6.45) is 0. The molecule has 0 spiro atoms. The van der Waals surface area contributed by atoms with Crippen LogP contribution < -0.4 is 0 Å². The molecule has 4 nitrogen and oxygen atoms in total. The van der Waals surface area contributed by atoms with Crippen LogP contribution in [0.1, 0.15) is 0 Å². The van der Waals surface area contributed by atoms with Gasteiger partial charge in [-0.1, -0.05) is 146 Å². The lowest BCUT2D eigenvalue weighted by Gasteiger charge is -2.14. The van der Waals surface area contributed by atoms with E-state index in [0.717, 1.165) is 94.1 Å². The second-order valence-electron chi connectivity index (χ2n) is 14.7. The molecule has 0 atom stereocenters. The molecule has 0 fully saturated rings. The highest BCUT2D eigenvalue weighted by molar-refractivity contribution is 7.25. The van der Waals surface area contributed by atoms with Gasteiger partial charge >= 0.3 is 0 Å². The molecule has 5 heteroatoms. The fraction of sp³-hybridized carbons (Fsp3) is 0. The van der Waals surface area contributed by atoms with Crippen LogP contribution >= 0.6 is 11.3 Å². The maximum Gasteiger partial charge on any atom is 0.160 e. The van der Waals surface area contributed by atoms with E-state index in [1.54, 1.807) is 0 Å². The van der Waals surface area contributed by atoms with Crippen molar-refractivity contribution in [3.63, 3.8) is 0 Å². The minimum absolute atomic E-state index is 0.694. The molecule has 0 saturated heterocycles. The van der Waals surface area contributed by atoms with Crippen LogP contribution in [0.3, 0.4) is 0 Å². The Bertz CT molecular complexity index is 3550. The van der Waals surface area contributed by atoms with Crippen molar-refractivity contribution in [2.24, 2.45) is 0 Å². The van der Waals surface area contributed by atoms with Crippen LogP contribution in [0.2, 0.25) is 0 Å². The Hall–Kier alpha value is -7.47. The van der Waals surface area contributed by atoms with E-state index in [-0.39, 0.29) is 0 Å². The first-order valence-electron chi connectivity index (χ1n) is 19.4. The van der Waals surface area contributed by atoms with Gasteiger partial charge in [0, 0.05) is 74.9 Å². The largest absolute Gasteiger partial charge is 0.455 e. The van der Waals surface area contributed by atoms with Crippen molar-refractivity contribution in [1.29, 1.82) is 0 Å². The molecule has 0 N–H and O–H groups in total. The SMILES string of the molecule is c1ccc(-c2nc(-c3ccc(-c4cc5c(-c6ccccc6)nc6ccccc6c5c5c4oc4ccccc45)cc3)cc(-c3ccc4sc5ccccc5c4c3)n2)cc1. The molecule has 58 heavy (non-hydrogen) atoms. The maximum absolute atomic E-state index is 6.80. The molecule has 270 valence electrons. The van der Waals surface area contributed by atoms with Gasteiger partial charge < -0.3 is 4.42 Å². The van der Waals surface area contributed by atoms with Gasteiger partial charge in [0.25, 0.3) is 0 Å². The van der Waals surface area contributed by atoms with Crippen LogP contribution in [0, 0.1) is 0 Å². The molecule has 0 amide bonds. The first kappa shape index (κ1) is 32.7. The van der Waals surface area contributed by atoms with Crippen molar-refractivity contribution in [2.75, 3.05) is 0 Å². The van der Waals surface area contributed by atoms with E-state index in [9.17, 15) is 0 Å². The molecule has 0 aliphatic heterocycles. The third-order valence-electron chi connectivity index (χ3n) is 11.3. The average Bonchev–Trinajstić information content (AvgIpc) is 3.88. The first-order valence-corrected chi connectivity index (χ1v) is 20.2. The molecule has 4 aromatic heterocycles. The molecule has 0 radical (unpaired) electrons. The highest BCUT2D eigenvalue weighted by atomic mass is 32.1. The summed E-state index contributed by atoms with van der Waals surface area (Å²) in [4.78, 5) is 15.6. The van der Waals surface area contributed by atoms with Crippen molar-refractivity contribution in [2.45, 2.75) is 0 Å². The third-order valence-corrected chi connectivity index (χ3v) is 12.4. The Kier molecular flexibility index (Phi) is 7.37. The fourth-order valence-corrected chi connectivity index (χ4v) is 9.61. The monoisotopic (exact) mass is 757 g/mol. The van der Waals surface area contributed by atoms with E-state index in [1.165, 1.54) is 20.2 Å². The van der Waals surface area contributed by atoms with Crippen LogP contribution in [0.15, 0.2) is 192 Å². The van der Waals surface area contributed by atoms with Crippen molar-refractivity contribution in [1.82, 2.24) is 15.0 Å². The Balaban J connectivity index is 1.05. The minimum Gasteiger partial charge on any atom is -0.455 e. The van der Waals surface area contributed by atoms with Crippen LogP contribution in [0.5, 0.6) is 0 Å². The summed E-state index contributed by atoms with van der Waals surface area (Å²) < 4.78 is 9.35. The Morgan fingerprint density at radius 3 is 1.81 bits per heavy atom. The smallest absolute Gasteiger partial charge is 0.160 e. The van der Waals surface area contributed by atoms with Gasteiger partial charge in [-0.3, -0.25) is 0 Å². The summed E-state index contributed by atoms with van der Waals surface area (Å²) in [5, 5.41) is 8.06. The lowest BCUT2D eigenvalue weighted by atomic mass is 9.91. The topological polar surface area (TPSA) is 51.8 Å². The van der Waals surface area contributed by atoms with Gasteiger partial charge in [0.1, 0.15) is 11.2 Å². The zero-order valence-electron chi connectivity index (χ0n) is 31.1. The molecular weight excluding hydrogens is 727 g/mol. The fourth-order valence-electron chi connectivity index (χ4n) is 8.53. The second-order valence-corrected chi connectivity index (χ2v) is 15.8. The van der Waals surface area contributed by atoms with Crippen LogP contribution in [0.25, 0.3) is 120 Å². The highest BCUT2D eigenvalue weighted by Crippen LogP contribution is 2.46. The number of para-hydroxylation sites is 2. The molecule has 0 aliphatic carbocycles. The van der Waals surface area contributed by atoms with E-state index in [2.05, 4.69) is 164 Å². The summed E-state index contributed by atoms with van der Waals surface area (Å²) >= 11 is 1.82. The molecule has 4 heterocycles. The number of thiophene rings is 1. The number of rotatable bonds is 5. The summed E-state index contributed by atoms with van der Waals surface area (Å²) in [6.45, 7) is 0. The lowest BCUT2D eigenvalue weighted by Crippen LogP contribution is -1.96. The maximum atomic E-state index is 6.80. The minimum atomic E-state index is 0.694. The Morgan fingerprint density at radius 1 is 0.379 bits per heavy atom. The number of nitrogens with zero attached hydrogens (tertiary/aromatic N) is 3. The van der Waals surface area contributed by atoms with Crippen molar-refractivity contribution < 1.29 is 4.42 Å². The summed E-state index contributed by atoms with van der Waals surface area (Å²) in [5.41, 5.74) is 11.6. The molecule has 0 saturated carbocycles. The molecule has 0 aliphatic rings. The highest BCUT2D eigenvalue weighted by Gasteiger charge is 2.22. The Morgan fingerprint density at radius 2 is 1.00 bits per heavy atom. The van der Waals surface area contributed by atoms with E-state index in [4.69, 9.17) is 19.4 Å². The van der Waals surface area contributed by atoms with Gasteiger partial charge in [-0.05, 0) is 48.0 Å². The number of benzene rings is 8. The van der Waals surface area contributed by atoms with Crippen molar-refractivity contribution in [3.8, 4) is 56.3 Å². The number of furan rings is 1. The van der Waals surface area contributed by atoms with Gasteiger partial charge in [0.15, 0.2) is 5.82 Å². The molecular formula is C53H31N3OS. The number of hydrogen-bond donors (Lipinski definition) is 0. The Labute approximate surface area is 337 Å². The van der Waals surface area contributed by atoms with Gasteiger partial charge in [-0.2, -0.15) is 0 Å².